The molecule has 1 fully saturated rings. The number of hydrogen-bond donors (Lipinski definition) is 0. The van der Waals surface area contributed by atoms with Crippen LogP contribution in [0.4, 0.5) is 0 Å². The molecule has 1 saturated heterocycles. The number of carbonyl (C=O) groups excluding carboxylic acids is 3. The second kappa shape index (κ2) is 8.75. The van der Waals surface area contributed by atoms with Gasteiger partial charge in [0, 0.05) is 43.4 Å². The molecule has 1 aliphatic heterocycles. The molecular weight excluding hydrogens is 523 g/mol. The molecule has 2 aromatic rings. The fourth-order valence-electron chi connectivity index (χ4n) is 2.96. The number of carbonyl (C=O) groups is 3. The quantitative estimate of drug-likeness (QED) is 0.181. The van der Waals surface area contributed by atoms with Crippen LogP contribution in [0.15, 0.2) is 6.33 Å². The molecule has 3 rings (SSSR count). The Kier molecular flexibility index (Phi) is 6.53. The van der Waals surface area contributed by atoms with E-state index < -0.39 is 42.4 Å². The van der Waals surface area contributed by atoms with Gasteiger partial charge in [-0.05, 0) is 0 Å². The van der Waals surface area contributed by atoms with Crippen LogP contribution in [0.1, 0.15) is 27.0 Å². The van der Waals surface area contributed by atoms with Crippen LogP contribution in [0.2, 0.25) is 5.15 Å². The minimum absolute atomic E-state index is 0.146. The molecule has 0 bridgehead atoms. The van der Waals surface area contributed by atoms with E-state index in [9.17, 15) is 14.4 Å². The van der Waals surface area contributed by atoms with Gasteiger partial charge in [0.25, 0.3) is 0 Å². The summed E-state index contributed by atoms with van der Waals surface area (Å²) in [5.41, 5.74) is 0.663. The lowest BCUT2D eigenvalue weighted by atomic mass is 10.1. The van der Waals surface area contributed by atoms with Crippen molar-refractivity contribution >= 4 is 63.3 Å². The highest BCUT2D eigenvalue weighted by Crippen LogP contribution is 2.36. The van der Waals surface area contributed by atoms with Gasteiger partial charge >= 0.3 is 17.9 Å². The average molecular weight is 539 g/mol. The van der Waals surface area contributed by atoms with Gasteiger partial charge in [0.1, 0.15) is 18.2 Å². The number of halogens is 2. The lowest BCUT2D eigenvalue weighted by molar-refractivity contribution is -0.166. The summed E-state index contributed by atoms with van der Waals surface area (Å²) in [5.74, 6) is -1.76. The fourth-order valence-corrected chi connectivity index (χ4v) is 3.79. The first-order valence-electron chi connectivity index (χ1n) is 8.36. The van der Waals surface area contributed by atoms with E-state index in [0.717, 1.165) is 0 Å². The van der Waals surface area contributed by atoms with Crippen molar-refractivity contribution in [2.24, 2.45) is 0 Å². The van der Waals surface area contributed by atoms with Crippen LogP contribution in [0.25, 0.3) is 11.2 Å². The highest BCUT2D eigenvalue weighted by Gasteiger charge is 2.51. The van der Waals surface area contributed by atoms with Crippen LogP contribution in [0.5, 0.6) is 0 Å². The van der Waals surface area contributed by atoms with Crippen molar-refractivity contribution in [3.63, 3.8) is 0 Å². The zero-order valence-corrected chi connectivity index (χ0v) is 18.4. The van der Waals surface area contributed by atoms with Crippen molar-refractivity contribution in [1.82, 2.24) is 19.5 Å². The lowest BCUT2D eigenvalue weighted by Gasteiger charge is -2.23. The third kappa shape index (κ3) is 4.75. The van der Waals surface area contributed by atoms with E-state index in [1.165, 1.54) is 31.7 Å². The van der Waals surface area contributed by atoms with Crippen molar-refractivity contribution in [3.8, 4) is 0 Å². The van der Waals surface area contributed by atoms with E-state index in [-0.39, 0.29) is 11.8 Å². The van der Waals surface area contributed by atoms with Gasteiger partial charge < -0.3 is 18.9 Å². The van der Waals surface area contributed by atoms with Crippen molar-refractivity contribution < 1.29 is 33.3 Å². The van der Waals surface area contributed by atoms with Gasteiger partial charge in [-0.15, -0.1) is 0 Å². The Bertz CT molecular complexity index is 968. The fraction of sp³-hybridized carbons (Fsp3) is 0.500. The zero-order chi connectivity index (χ0) is 21.3. The standard InChI is InChI=1S/C16H16ClIN4O7/c1-6(23)26-4-9-11(27-7(2)24)12(28-8(3)25)15(29-9)22-5-19-10-13(17)20-16(18)21-14(10)22/h5,9,11-12,15H,4H2,1-3H3/t9-,11-,12-,15?/m1/s1. The summed E-state index contributed by atoms with van der Waals surface area (Å²) in [5, 5.41) is 0.146. The maximum atomic E-state index is 11.7. The summed E-state index contributed by atoms with van der Waals surface area (Å²) in [4.78, 5) is 47.1. The highest BCUT2D eigenvalue weighted by atomic mass is 127. The Morgan fingerprint density at radius 1 is 1.14 bits per heavy atom. The Balaban J connectivity index is 2.04. The second-order valence-electron chi connectivity index (χ2n) is 6.12. The molecule has 0 aliphatic carbocycles. The van der Waals surface area contributed by atoms with E-state index >= 15 is 0 Å². The maximum Gasteiger partial charge on any atom is 0.303 e. The predicted octanol–water partition coefficient (Wildman–Crippen LogP) is 1.41. The number of imidazole rings is 1. The molecule has 2 aromatic heterocycles. The Hall–Kier alpha value is -2.06. The smallest absolute Gasteiger partial charge is 0.303 e. The third-order valence-electron chi connectivity index (χ3n) is 3.97. The molecule has 4 atom stereocenters. The molecule has 1 unspecified atom stereocenters. The van der Waals surface area contributed by atoms with Crippen molar-refractivity contribution in [2.45, 2.75) is 45.3 Å². The topological polar surface area (TPSA) is 132 Å². The van der Waals surface area contributed by atoms with E-state index in [0.29, 0.717) is 15.0 Å². The van der Waals surface area contributed by atoms with Gasteiger partial charge in [0.05, 0.1) is 6.33 Å². The summed E-state index contributed by atoms with van der Waals surface area (Å²) in [6, 6.07) is 0. The van der Waals surface area contributed by atoms with Crippen molar-refractivity contribution in [3.05, 3.63) is 15.3 Å². The summed E-state index contributed by atoms with van der Waals surface area (Å²) in [7, 11) is 0. The molecular formula is C16H16ClIN4O7. The van der Waals surface area contributed by atoms with E-state index in [2.05, 4.69) is 15.0 Å². The third-order valence-corrected chi connectivity index (χ3v) is 4.71. The normalized spacial score (nSPS) is 23.8. The Morgan fingerprint density at radius 2 is 1.79 bits per heavy atom. The van der Waals surface area contributed by atoms with E-state index in [1.807, 2.05) is 22.6 Å². The molecule has 0 spiro atoms. The van der Waals surface area contributed by atoms with Crippen LogP contribution < -0.4 is 0 Å². The molecule has 0 saturated carbocycles. The number of fused-ring (bicyclic) bond motifs is 1. The largest absolute Gasteiger partial charge is 0.463 e. The summed E-state index contributed by atoms with van der Waals surface area (Å²) in [6.07, 6.45) is -2.50. The second-order valence-corrected chi connectivity index (χ2v) is 7.45. The summed E-state index contributed by atoms with van der Waals surface area (Å²) < 4.78 is 23.6. The lowest BCUT2D eigenvalue weighted by Crippen LogP contribution is -2.40. The van der Waals surface area contributed by atoms with E-state index in [1.54, 1.807) is 0 Å². The Morgan fingerprint density at radius 3 is 2.41 bits per heavy atom. The molecule has 29 heavy (non-hydrogen) atoms. The molecule has 0 N–H and O–H groups in total. The Labute approximate surface area is 183 Å². The predicted molar refractivity (Wildman–Crippen MR) is 105 cm³/mol. The molecule has 0 radical (unpaired) electrons. The number of hydrogen-bond acceptors (Lipinski definition) is 10. The van der Waals surface area contributed by atoms with Gasteiger partial charge in [0.15, 0.2) is 33.1 Å². The average Bonchev–Trinajstić information content (AvgIpc) is 3.15. The van der Waals surface area contributed by atoms with Gasteiger partial charge in [-0.1, -0.05) is 11.6 Å². The number of esters is 3. The maximum absolute atomic E-state index is 11.7. The molecule has 1 aliphatic rings. The van der Waals surface area contributed by atoms with Gasteiger partial charge in [-0.2, -0.15) is 0 Å². The van der Waals surface area contributed by atoms with Gasteiger partial charge in [0.2, 0.25) is 0 Å². The van der Waals surface area contributed by atoms with Crippen molar-refractivity contribution in [1.29, 1.82) is 0 Å². The van der Waals surface area contributed by atoms with Crippen LogP contribution in [0.3, 0.4) is 0 Å². The number of rotatable bonds is 5. The number of aromatic nitrogens is 4. The monoisotopic (exact) mass is 538 g/mol. The van der Waals surface area contributed by atoms with Crippen LogP contribution >= 0.6 is 34.2 Å². The molecule has 3 heterocycles. The molecule has 0 aromatic carbocycles. The van der Waals surface area contributed by atoms with Crippen molar-refractivity contribution in [2.75, 3.05) is 6.61 Å². The number of ether oxygens (including phenoxy) is 4. The minimum Gasteiger partial charge on any atom is -0.463 e. The number of nitrogens with zero attached hydrogens (tertiary/aromatic N) is 4. The first kappa shape index (κ1) is 21.6. The van der Waals surface area contributed by atoms with Crippen LogP contribution in [-0.2, 0) is 33.3 Å². The van der Waals surface area contributed by atoms with Crippen LogP contribution in [0, 0.1) is 3.83 Å². The van der Waals surface area contributed by atoms with Gasteiger partial charge in [-0.3, -0.25) is 19.0 Å². The first-order chi connectivity index (χ1) is 13.7. The molecule has 11 nitrogen and oxygen atoms in total. The van der Waals surface area contributed by atoms with E-state index in [4.69, 9.17) is 30.5 Å². The SMILES string of the molecule is CC(=O)OC[C@H]1OC(n2cnc3c(Cl)nc(I)nc32)[C@H](OC(C)=O)[C@@H]1OC(C)=O. The summed E-state index contributed by atoms with van der Waals surface area (Å²) in [6.45, 7) is 3.46. The first-order valence-corrected chi connectivity index (χ1v) is 9.82. The molecule has 13 heteroatoms. The molecule has 0 amide bonds. The van der Waals surface area contributed by atoms with Gasteiger partial charge in [-0.25, -0.2) is 15.0 Å². The molecule has 156 valence electrons. The summed E-state index contributed by atoms with van der Waals surface area (Å²) >= 11 is 8.03. The van der Waals surface area contributed by atoms with Crippen LogP contribution in [-0.4, -0.2) is 62.3 Å². The highest BCUT2D eigenvalue weighted by molar-refractivity contribution is 14.1. The minimum atomic E-state index is -1.04. The zero-order valence-electron chi connectivity index (χ0n) is 15.5.